The van der Waals surface area contributed by atoms with Crippen LogP contribution in [0.4, 0.5) is 5.69 Å². The zero-order valence-corrected chi connectivity index (χ0v) is 18.7. The van der Waals surface area contributed by atoms with Crippen LogP contribution in [0.3, 0.4) is 0 Å². The second-order valence-corrected chi connectivity index (χ2v) is 8.43. The molecule has 3 aromatic rings. The molecule has 0 N–H and O–H groups in total. The van der Waals surface area contributed by atoms with Gasteiger partial charge in [-0.3, -0.25) is 4.79 Å². The van der Waals surface area contributed by atoms with Crippen LogP contribution in [0.2, 0.25) is 5.02 Å². The van der Waals surface area contributed by atoms with Gasteiger partial charge in [-0.2, -0.15) is 4.98 Å². The Balaban J connectivity index is 1.42. The zero-order valence-electron chi connectivity index (χ0n) is 17.9. The molecule has 1 atom stereocenters. The molecule has 0 spiro atoms. The highest BCUT2D eigenvalue weighted by Crippen LogP contribution is 2.25. The molecule has 1 aromatic heterocycles. The van der Waals surface area contributed by atoms with Crippen molar-refractivity contribution >= 4 is 23.2 Å². The lowest BCUT2D eigenvalue weighted by Crippen LogP contribution is -2.44. The number of aromatic nitrogens is 2. The fourth-order valence-corrected chi connectivity index (χ4v) is 4.10. The van der Waals surface area contributed by atoms with Gasteiger partial charge in [0.25, 0.3) is 0 Å². The van der Waals surface area contributed by atoms with E-state index in [1.807, 2.05) is 24.0 Å². The SMILES string of the molecule is CCN(Cc1nc(-c2ccc(Cl)cc2)no1)C(=O)[C@@H]1CCCN(c2ccc(C)cc2)C1. The number of hydrogen-bond acceptors (Lipinski definition) is 5. The van der Waals surface area contributed by atoms with Gasteiger partial charge in [0.1, 0.15) is 0 Å². The summed E-state index contributed by atoms with van der Waals surface area (Å²) in [5, 5.41) is 4.71. The molecule has 162 valence electrons. The molecule has 0 radical (unpaired) electrons. The van der Waals surface area contributed by atoms with Gasteiger partial charge in [-0.25, -0.2) is 0 Å². The first kappa shape index (κ1) is 21.4. The van der Waals surface area contributed by atoms with E-state index < -0.39 is 0 Å². The molecule has 0 saturated carbocycles. The number of halogens is 1. The molecule has 2 aromatic carbocycles. The number of carbonyl (C=O) groups excluding carboxylic acids is 1. The van der Waals surface area contributed by atoms with E-state index in [2.05, 4.69) is 46.2 Å². The van der Waals surface area contributed by atoms with E-state index in [0.717, 1.165) is 31.5 Å². The minimum absolute atomic E-state index is 0.0336. The third kappa shape index (κ3) is 5.07. The van der Waals surface area contributed by atoms with Crippen LogP contribution < -0.4 is 4.90 Å². The average molecular weight is 439 g/mol. The number of hydrogen-bond donors (Lipinski definition) is 0. The van der Waals surface area contributed by atoms with Crippen molar-refractivity contribution in [2.75, 3.05) is 24.5 Å². The van der Waals surface area contributed by atoms with Crippen LogP contribution in [0.15, 0.2) is 53.1 Å². The predicted octanol–water partition coefficient (Wildman–Crippen LogP) is 4.96. The monoisotopic (exact) mass is 438 g/mol. The summed E-state index contributed by atoms with van der Waals surface area (Å²) in [4.78, 5) is 21.9. The predicted molar refractivity (Wildman–Crippen MR) is 122 cm³/mol. The highest BCUT2D eigenvalue weighted by molar-refractivity contribution is 6.30. The van der Waals surface area contributed by atoms with Gasteiger partial charge >= 0.3 is 0 Å². The van der Waals surface area contributed by atoms with E-state index in [9.17, 15) is 4.79 Å². The molecule has 0 unspecified atom stereocenters. The standard InChI is InChI=1S/C24H27ClN4O2/c1-3-28(16-22-26-23(27-31-22)18-8-10-20(25)11-9-18)24(30)19-5-4-14-29(15-19)21-12-6-17(2)7-13-21/h6-13,19H,3-5,14-16H2,1-2H3/t19-/m1/s1. The fourth-order valence-electron chi connectivity index (χ4n) is 3.97. The Morgan fingerprint density at radius 2 is 1.94 bits per heavy atom. The molecule has 1 aliphatic rings. The molecule has 2 heterocycles. The van der Waals surface area contributed by atoms with Gasteiger partial charge in [0.2, 0.25) is 17.6 Å². The minimum atomic E-state index is -0.0336. The maximum atomic E-state index is 13.3. The van der Waals surface area contributed by atoms with Crippen LogP contribution >= 0.6 is 11.6 Å². The second kappa shape index (κ2) is 9.52. The van der Waals surface area contributed by atoms with Crippen LogP contribution in [0.1, 0.15) is 31.2 Å². The van der Waals surface area contributed by atoms with Crippen molar-refractivity contribution < 1.29 is 9.32 Å². The van der Waals surface area contributed by atoms with Crippen molar-refractivity contribution in [3.05, 3.63) is 65.0 Å². The van der Waals surface area contributed by atoms with Crippen LogP contribution in [0, 0.1) is 12.8 Å². The Hall–Kier alpha value is -2.86. The highest BCUT2D eigenvalue weighted by Gasteiger charge is 2.30. The number of carbonyl (C=O) groups is 1. The Labute approximate surface area is 187 Å². The summed E-state index contributed by atoms with van der Waals surface area (Å²) in [7, 11) is 0. The molecule has 31 heavy (non-hydrogen) atoms. The van der Waals surface area contributed by atoms with Crippen molar-refractivity contribution in [3.63, 3.8) is 0 Å². The first-order valence-electron chi connectivity index (χ1n) is 10.7. The maximum Gasteiger partial charge on any atom is 0.246 e. The fraction of sp³-hybridized carbons (Fsp3) is 0.375. The van der Waals surface area contributed by atoms with Gasteiger partial charge < -0.3 is 14.3 Å². The van der Waals surface area contributed by atoms with Crippen LogP contribution in [-0.2, 0) is 11.3 Å². The number of benzene rings is 2. The first-order valence-corrected chi connectivity index (χ1v) is 11.1. The number of anilines is 1. The Morgan fingerprint density at radius 3 is 2.65 bits per heavy atom. The van der Waals surface area contributed by atoms with Gasteiger partial charge in [-0.1, -0.05) is 34.5 Å². The number of amides is 1. The maximum absolute atomic E-state index is 13.3. The third-order valence-corrected chi connectivity index (χ3v) is 6.01. The van der Waals surface area contributed by atoms with Crippen LogP contribution in [-0.4, -0.2) is 40.6 Å². The molecule has 1 fully saturated rings. The van der Waals surface area contributed by atoms with E-state index in [1.54, 1.807) is 12.1 Å². The molecule has 1 amide bonds. The largest absolute Gasteiger partial charge is 0.371 e. The highest BCUT2D eigenvalue weighted by atomic mass is 35.5. The molecule has 7 heteroatoms. The summed E-state index contributed by atoms with van der Waals surface area (Å²) in [5.74, 6) is 1.05. The van der Waals surface area contributed by atoms with Crippen molar-refractivity contribution in [1.29, 1.82) is 0 Å². The van der Waals surface area contributed by atoms with Crippen molar-refractivity contribution in [2.45, 2.75) is 33.2 Å². The Morgan fingerprint density at radius 1 is 1.19 bits per heavy atom. The summed E-state index contributed by atoms with van der Waals surface area (Å²) in [6, 6.07) is 15.8. The summed E-state index contributed by atoms with van der Waals surface area (Å²) >= 11 is 5.94. The van der Waals surface area contributed by atoms with Gasteiger partial charge in [-0.05, 0) is 63.1 Å². The lowest BCUT2D eigenvalue weighted by molar-refractivity contribution is -0.136. The molecule has 1 aliphatic heterocycles. The number of aryl methyl sites for hydroxylation is 1. The van der Waals surface area contributed by atoms with Crippen molar-refractivity contribution in [2.24, 2.45) is 5.92 Å². The molecule has 6 nitrogen and oxygen atoms in total. The summed E-state index contributed by atoms with van der Waals surface area (Å²) in [6.07, 6.45) is 1.90. The molecule has 1 saturated heterocycles. The molecule has 4 rings (SSSR count). The smallest absolute Gasteiger partial charge is 0.246 e. The average Bonchev–Trinajstić information content (AvgIpc) is 3.27. The molecular weight excluding hydrogens is 412 g/mol. The van der Waals surface area contributed by atoms with Gasteiger partial charge in [0, 0.05) is 35.9 Å². The number of piperidine rings is 1. The zero-order chi connectivity index (χ0) is 21.8. The Kier molecular flexibility index (Phi) is 6.56. The van der Waals surface area contributed by atoms with Crippen molar-refractivity contribution in [3.8, 4) is 11.4 Å². The number of rotatable bonds is 6. The van der Waals surface area contributed by atoms with Gasteiger partial charge in [-0.15, -0.1) is 0 Å². The van der Waals surface area contributed by atoms with E-state index in [1.165, 1.54) is 11.3 Å². The topological polar surface area (TPSA) is 62.5 Å². The van der Waals surface area contributed by atoms with Gasteiger partial charge in [0.15, 0.2) is 0 Å². The lowest BCUT2D eigenvalue weighted by atomic mass is 9.95. The van der Waals surface area contributed by atoms with Crippen LogP contribution in [0.25, 0.3) is 11.4 Å². The summed E-state index contributed by atoms with van der Waals surface area (Å²) in [6.45, 7) is 6.69. The summed E-state index contributed by atoms with van der Waals surface area (Å²) in [5.41, 5.74) is 3.24. The third-order valence-electron chi connectivity index (χ3n) is 5.76. The Bertz CT molecular complexity index is 1020. The molecule has 0 aliphatic carbocycles. The first-order chi connectivity index (χ1) is 15.0. The minimum Gasteiger partial charge on any atom is -0.371 e. The molecular formula is C24H27ClN4O2. The quantitative estimate of drug-likeness (QED) is 0.544. The molecule has 0 bridgehead atoms. The van der Waals surface area contributed by atoms with Crippen molar-refractivity contribution in [1.82, 2.24) is 15.0 Å². The lowest BCUT2D eigenvalue weighted by Gasteiger charge is -2.35. The van der Waals surface area contributed by atoms with E-state index in [4.69, 9.17) is 16.1 Å². The van der Waals surface area contributed by atoms with Gasteiger partial charge in [0.05, 0.1) is 12.5 Å². The van der Waals surface area contributed by atoms with E-state index >= 15 is 0 Å². The van der Waals surface area contributed by atoms with E-state index in [-0.39, 0.29) is 11.8 Å². The normalized spacial score (nSPS) is 16.4. The van der Waals surface area contributed by atoms with Crippen LogP contribution in [0.5, 0.6) is 0 Å². The summed E-state index contributed by atoms with van der Waals surface area (Å²) < 4.78 is 5.42. The number of nitrogens with zero attached hydrogens (tertiary/aromatic N) is 4. The second-order valence-electron chi connectivity index (χ2n) is 7.99. The van der Waals surface area contributed by atoms with E-state index in [0.29, 0.717) is 29.8 Å².